The van der Waals surface area contributed by atoms with Crippen LogP contribution in [0, 0.1) is 0 Å². The molecule has 1 fully saturated rings. The molecule has 2 heterocycles. The summed E-state index contributed by atoms with van der Waals surface area (Å²) in [5.41, 5.74) is 1.17. The molecule has 6 heteroatoms. The van der Waals surface area contributed by atoms with E-state index in [1.807, 2.05) is 28.9 Å². The Bertz CT molecular complexity index is 425. The van der Waals surface area contributed by atoms with Gasteiger partial charge in [0.15, 0.2) is 0 Å². The summed E-state index contributed by atoms with van der Waals surface area (Å²) in [6, 6.07) is 2.03. The third kappa shape index (κ3) is 4.05. The Hall–Kier alpha value is -1.40. The molecule has 1 saturated heterocycles. The molecule has 1 amide bonds. The van der Waals surface area contributed by atoms with Crippen LogP contribution >= 0.6 is 0 Å². The molecule has 6 nitrogen and oxygen atoms in total. The van der Waals surface area contributed by atoms with E-state index in [1.54, 1.807) is 0 Å². The number of aryl methyl sites for hydroxylation is 1. The maximum absolute atomic E-state index is 12.2. The molecular formula is C14H25N5O. The fraction of sp³-hybridized carbons (Fsp3) is 0.714. The van der Waals surface area contributed by atoms with Crippen molar-refractivity contribution in [2.45, 2.75) is 26.4 Å². The number of carbonyl (C=O) groups is 1. The molecule has 0 spiro atoms. The third-order valence-corrected chi connectivity index (χ3v) is 3.55. The Kier molecular flexibility index (Phi) is 5.55. The molecule has 1 aliphatic rings. The van der Waals surface area contributed by atoms with Crippen LogP contribution in [0.15, 0.2) is 12.3 Å². The molecule has 0 saturated carbocycles. The van der Waals surface area contributed by atoms with Gasteiger partial charge < -0.3 is 10.2 Å². The average Bonchev–Trinajstić information content (AvgIpc) is 2.87. The van der Waals surface area contributed by atoms with Crippen molar-refractivity contribution in [3.63, 3.8) is 0 Å². The van der Waals surface area contributed by atoms with Crippen molar-refractivity contribution in [3.05, 3.63) is 18.0 Å². The first-order valence-electron chi connectivity index (χ1n) is 7.38. The average molecular weight is 279 g/mol. The van der Waals surface area contributed by atoms with E-state index in [-0.39, 0.29) is 5.91 Å². The highest BCUT2D eigenvalue weighted by Gasteiger charge is 2.18. The van der Waals surface area contributed by atoms with Gasteiger partial charge in [-0.2, -0.15) is 5.10 Å². The van der Waals surface area contributed by atoms with Gasteiger partial charge in [-0.1, -0.05) is 6.92 Å². The molecule has 0 aliphatic carbocycles. The standard InChI is InChI=1S/C14H25N5O/c1-3-8-19-13(4-5-16-19)11-17(2)12-14(20)18-9-6-15-7-10-18/h4-5,15H,3,6-12H2,1-2H3. The molecule has 0 atom stereocenters. The van der Waals surface area contributed by atoms with Crippen molar-refractivity contribution in [1.82, 2.24) is 24.9 Å². The minimum Gasteiger partial charge on any atom is -0.339 e. The number of hydrogen-bond donors (Lipinski definition) is 1. The summed E-state index contributed by atoms with van der Waals surface area (Å²) in [6.45, 7) is 7.75. The SMILES string of the molecule is CCCn1nccc1CN(C)CC(=O)N1CCNCC1. The van der Waals surface area contributed by atoms with Crippen LogP contribution in [0.3, 0.4) is 0 Å². The van der Waals surface area contributed by atoms with E-state index in [4.69, 9.17) is 0 Å². The Morgan fingerprint density at radius 1 is 1.45 bits per heavy atom. The highest BCUT2D eigenvalue weighted by molar-refractivity contribution is 5.78. The predicted molar refractivity (Wildman–Crippen MR) is 78.3 cm³/mol. The number of aromatic nitrogens is 2. The number of carbonyl (C=O) groups excluding carboxylic acids is 1. The van der Waals surface area contributed by atoms with Crippen LogP contribution < -0.4 is 5.32 Å². The highest BCUT2D eigenvalue weighted by Crippen LogP contribution is 2.05. The van der Waals surface area contributed by atoms with Crippen molar-refractivity contribution in [2.75, 3.05) is 39.8 Å². The van der Waals surface area contributed by atoms with Gasteiger partial charge in [0.1, 0.15) is 0 Å². The quantitative estimate of drug-likeness (QED) is 0.806. The Morgan fingerprint density at radius 2 is 2.20 bits per heavy atom. The molecular weight excluding hydrogens is 254 g/mol. The number of piperazine rings is 1. The van der Waals surface area contributed by atoms with Gasteiger partial charge in [0.2, 0.25) is 5.91 Å². The normalized spacial score (nSPS) is 15.8. The van der Waals surface area contributed by atoms with Crippen molar-refractivity contribution in [1.29, 1.82) is 0 Å². The van der Waals surface area contributed by atoms with Crippen molar-refractivity contribution in [2.24, 2.45) is 0 Å². The summed E-state index contributed by atoms with van der Waals surface area (Å²) >= 11 is 0. The van der Waals surface area contributed by atoms with E-state index in [9.17, 15) is 4.79 Å². The first-order chi connectivity index (χ1) is 9.70. The second-order valence-electron chi connectivity index (χ2n) is 5.35. The van der Waals surface area contributed by atoms with E-state index in [2.05, 4.69) is 22.2 Å². The zero-order chi connectivity index (χ0) is 14.4. The van der Waals surface area contributed by atoms with Gasteiger partial charge in [-0.3, -0.25) is 14.4 Å². The number of rotatable bonds is 6. The predicted octanol–water partition coefficient (Wildman–Crippen LogP) is 0.157. The highest BCUT2D eigenvalue weighted by atomic mass is 16.2. The summed E-state index contributed by atoms with van der Waals surface area (Å²) in [7, 11) is 1.99. The van der Waals surface area contributed by atoms with E-state index < -0.39 is 0 Å². The second kappa shape index (κ2) is 7.40. The lowest BCUT2D eigenvalue weighted by Gasteiger charge is -2.29. The van der Waals surface area contributed by atoms with Crippen molar-refractivity contribution < 1.29 is 4.79 Å². The van der Waals surface area contributed by atoms with Crippen LogP contribution in [0.25, 0.3) is 0 Å². The Labute approximate surface area is 120 Å². The first-order valence-corrected chi connectivity index (χ1v) is 7.38. The number of amides is 1. The van der Waals surface area contributed by atoms with Crippen LogP contribution in [0.4, 0.5) is 0 Å². The van der Waals surface area contributed by atoms with Crippen LogP contribution in [0.1, 0.15) is 19.0 Å². The van der Waals surface area contributed by atoms with Crippen molar-refractivity contribution >= 4 is 5.91 Å². The van der Waals surface area contributed by atoms with Crippen LogP contribution in [-0.2, 0) is 17.9 Å². The lowest BCUT2D eigenvalue weighted by molar-refractivity contribution is -0.132. The molecule has 20 heavy (non-hydrogen) atoms. The Morgan fingerprint density at radius 3 is 2.90 bits per heavy atom. The zero-order valence-corrected chi connectivity index (χ0v) is 12.5. The van der Waals surface area contributed by atoms with Crippen LogP contribution in [0.2, 0.25) is 0 Å². The topological polar surface area (TPSA) is 53.4 Å². The van der Waals surface area contributed by atoms with E-state index >= 15 is 0 Å². The second-order valence-corrected chi connectivity index (χ2v) is 5.35. The molecule has 1 aromatic heterocycles. The number of likely N-dealkylation sites (N-methyl/N-ethyl adjacent to an activating group) is 1. The van der Waals surface area contributed by atoms with Gasteiger partial charge in [0, 0.05) is 45.5 Å². The summed E-state index contributed by atoms with van der Waals surface area (Å²) in [5, 5.41) is 7.58. The molecule has 0 radical (unpaired) electrons. The summed E-state index contributed by atoms with van der Waals surface area (Å²) in [5.74, 6) is 0.218. The van der Waals surface area contributed by atoms with E-state index in [0.29, 0.717) is 6.54 Å². The number of nitrogens with zero attached hydrogens (tertiary/aromatic N) is 4. The third-order valence-electron chi connectivity index (χ3n) is 3.55. The molecule has 1 aliphatic heterocycles. The fourth-order valence-electron chi connectivity index (χ4n) is 2.49. The summed E-state index contributed by atoms with van der Waals surface area (Å²) < 4.78 is 2.02. The van der Waals surface area contributed by atoms with Crippen LogP contribution in [-0.4, -0.2) is 65.3 Å². The lowest BCUT2D eigenvalue weighted by atomic mass is 10.3. The van der Waals surface area contributed by atoms with Gasteiger partial charge in [-0.05, 0) is 19.5 Å². The lowest BCUT2D eigenvalue weighted by Crippen LogP contribution is -2.49. The zero-order valence-electron chi connectivity index (χ0n) is 12.5. The number of hydrogen-bond acceptors (Lipinski definition) is 4. The summed E-state index contributed by atoms with van der Waals surface area (Å²) in [4.78, 5) is 16.2. The molecule has 0 unspecified atom stereocenters. The molecule has 112 valence electrons. The van der Waals surface area contributed by atoms with E-state index in [1.165, 1.54) is 5.69 Å². The maximum atomic E-state index is 12.2. The largest absolute Gasteiger partial charge is 0.339 e. The fourth-order valence-corrected chi connectivity index (χ4v) is 2.49. The van der Waals surface area contributed by atoms with E-state index in [0.717, 1.165) is 45.7 Å². The molecule has 1 aromatic rings. The number of nitrogens with one attached hydrogen (secondary N) is 1. The van der Waals surface area contributed by atoms with Gasteiger partial charge >= 0.3 is 0 Å². The molecule has 0 aromatic carbocycles. The van der Waals surface area contributed by atoms with Gasteiger partial charge in [-0.15, -0.1) is 0 Å². The molecule has 0 bridgehead atoms. The minimum absolute atomic E-state index is 0.218. The van der Waals surface area contributed by atoms with Crippen LogP contribution in [0.5, 0.6) is 0 Å². The minimum atomic E-state index is 0.218. The van der Waals surface area contributed by atoms with Crippen molar-refractivity contribution in [3.8, 4) is 0 Å². The first kappa shape index (κ1) is 15.0. The maximum Gasteiger partial charge on any atom is 0.236 e. The van der Waals surface area contributed by atoms with Gasteiger partial charge in [0.05, 0.1) is 12.2 Å². The molecule has 1 N–H and O–H groups in total. The smallest absolute Gasteiger partial charge is 0.236 e. The van der Waals surface area contributed by atoms with Gasteiger partial charge in [0.25, 0.3) is 0 Å². The summed E-state index contributed by atoms with van der Waals surface area (Å²) in [6.07, 6.45) is 2.90. The Balaban J connectivity index is 1.83. The monoisotopic (exact) mass is 279 g/mol. The molecule has 2 rings (SSSR count). The van der Waals surface area contributed by atoms with Gasteiger partial charge in [-0.25, -0.2) is 0 Å².